The Balaban J connectivity index is 1.79. The number of hydrogen-bond donors (Lipinski definition) is 1. The normalized spacial score (nSPS) is 12.5. The highest BCUT2D eigenvalue weighted by molar-refractivity contribution is 7.99. The van der Waals surface area contributed by atoms with Gasteiger partial charge in [0.05, 0.1) is 17.1 Å². The number of nitrogens with one attached hydrogen (secondary N) is 1. The molecule has 0 fully saturated rings. The molecule has 3 aromatic rings. The maximum atomic E-state index is 12.8. The molecule has 1 atom stereocenters. The smallest absolute Gasteiger partial charge is 0.291 e. The zero-order chi connectivity index (χ0) is 18.7. The summed E-state index contributed by atoms with van der Waals surface area (Å²) in [6, 6.07) is 14.8. The third-order valence-corrected chi connectivity index (χ3v) is 4.77. The van der Waals surface area contributed by atoms with Crippen molar-refractivity contribution in [2.75, 3.05) is 0 Å². The Labute approximate surface area is 154 Å². The van der Waals surface area contributed by atoms with Crippen LogP contribution >= 0.6 is 11.8 Å². The van der Waals surface area contributed by atoms with Gasteiger partial charge in [-0.3, -0.25) is 4.79 Å². The van der Waals surface area contributed by atoms with Gasteiger partial charge < -0.3 is 9.88 Å². The lowest BCUT2D eigenvalue weighted by Crippen LogP contribution is -2.30. The van der Waals surface area contributed by atoms with E-state index in [4.69, 9.17) is 0 Å². The van der Waals surface area contributed by atoms with Crippen molar-refractivity contribution in [3.05, 3.63) is 59.7 Å². The van der Waals surface area contributed by atoms with Crippen LogP contribution in [-0.4, -0.2) is 21.2 Å². The number of rotatable bonds is 6. The van der Waals surface area contributed by atoms with Crippen LogP contribution in [0.15, 0.2) is 53.7 Å². The summed E-state index contributed by atoms with van der Waals surface area (Å²) in [7, 11) is 0. The standard InChI is InChI=1S/C19H19F2N3OS/c1-12-7-9-14(10-8-12)13(2)22-17(25)11-24-16-6-4-3-5-15(16)23-19(24)26-18(20)21/h3-10,13,18H,11H2,1-2H3,(H,22,25). The van der Waals surface area contributed by atoms with Gasteiger partial charge in [-0.25, -0.2) is 4.98 Å². The van der Waals surface area contributed by atoms with E-state index >= 15 is 0 Å². The van der Waals surface area contributed by atoms with E-state index in [0.717, 1.165) is 11.1 Å². The number of imidazole rings is 1. The second kappa shape index (κ2) is 7.86. The predicted octanol–water partition coefficient (Wildman–Crippen LogP) is 4.54. The number of carbonyl (C=O) groups is 1. The number of fused-ring (bicyclic) bond motifs is 1. The highest BCUT2D eigenvalue weighted by atomic mass is 32.2. The number of halogens is 2. The molecule has 0 saturated heterocycles. The number of benzene rings is 2. The number of hydrogen-bond acceptors (Lipinski definition) is 3. The quantitative estimate of drug-likeness (QED) is 0.644. The Morgan fingerprint density at radius 3 is 2.58 bits per heavy atom. The first-order valence-corrected chi connectivity index (χ1v) is 9.08. The summed E-state index contributed by atoms with van der Waals surface area (Å²) in [6.07, 6.45) is 0. The predicted molar refractivity (Wildman–Crippen MR) is 99.3 cm³/mol. The van der Waals surface area contributed by atoms with Crippen molar-refractivity contribution in [1.29, 1.82) is 0 Å². The zero-order valence-electron chi connectivity index (χ0n) is 14.4. The van der Waals surface area contributed by atoms with Crippen LogP contribution in [0.25, 0.3) is 11.0 Å². The van der Waals surface area contributed by atoms with Crippen LogP contribution in [0, 0.1) is 6.92 Å². The number of alkyl halides is 2. The van der Waals surface area contributed by atoms with Gasteiger partial charge in [0.25, 0.3) is 5.76 Å². The molecule has 0 bridgehead atoms. The summed E-state index contributed by atoms with van der Waals surface area (Å²) in [4.78, 5) is 16.7. The van der Waals surface area contributed by atoms with Crippen molar-refractivity contribution < 1.29 is 13.6 Å². The number of para-hydroxylation sites is 2. The molecule has 7 heteroatoms. The van der Waals surface area contributed by atoms with Gasteiger partial charge in [-0.2, -0.15) is 8.78 Å². The van der Waals surface area contributed by atoms with Crippen LogP contribution in [0.5, 0.6) is 0 Å². The maximum absolute atomic E-state index is 12.8. The van der Waals surface area contributed by atoms with Gasteiger partial charge in [0, 0.05) is 0 Å². The SMILES string of the molecule is Cc1ccc(C(C)NC(=O)Cn2c(SC(F)F)nc3ccccc32)cc1. The molecule has 3 rings (SSSR count). The van der Waals surface area contributed by atoms with Gasteiger partial charge in [0.1, 0.15) is 6.54 Å². The largest absolute Gasteiger partial charge is 0.348 e. The van der Waals surface area contributed by atoms with Gasteiger partial charge in [-0.05, 0) is 43.3 Å². The van der Waals surface area contributed by atoms with E-state index in [1.807, 2.05) is 38.1 Å². The Morgan fingerprint density at radius 1 is 1.19 bits per heavy atom. The monoisotopic (exact) mass is 375 g/mol. The van der Waals surface area contributed by atoms with Crippen LogP contribution in [0.1, 0.15) is 24.1 Å². The van der Waals surface area contributed by atoms with E-state index in [0.29, 0.717) is 22.8 Å². The molecular formula is C19H19F2N3OS. The highest BCUT2D eigenvalue weighted by Gasteiger charge is 2.18. The molecule has 1 heterocycles. The summed E-state index contributed by atoms with van der Waals surface area (Å²) in [6.45, 7) is 3.83. The molecule has 0 aliphatic heterocycles. The molecule has 136 valence electrons. The van der Waals surface area contributed by atoms with Crippen molar-refractivity contribution in [2.45, 2.75) is 37.3 Å². The van der Waals surface area contributed by atoms with E-state index < -0.39 is 5.76 Å². The number of aryl methyl sites for hydroxylation is 1. The second-order valence-electron chi connectivity index (χ2n) is 6.05. The summed E-state index contributed by atoms with van der Waals surface area (Å²) in [5, 5.41) is 3.05. The van der Waals surface area contributed by atoms with Gasteiger partial charge in [-0.15, -0.1) is 0 Å². The Hall–Kier alpha value is -2.41. The summed E-state index contributed by atoms with van der Waals surface area (Å²) in [5.41, 5.74) is 3.39. The van der Waals surface area contributed by atoms with Gasteiger partial charge in [-0.1, -0.05) is 42.0 Å². The topological polar surface area (TPSA) is 46.9 Å². The minimum Gasteiger partial charge on any atom is -0.348 e. The molecule has 1 amide bonds. The molecule has 0 saturated carbocycles. The number of aromatic nitrogens is 2. The van der Waals surface area contributed by atoms with Gasteiger partial charge in [0.15, 0.2) is 5.16 Å². The number of thioether (sulfide) groups is 1. The average molecular weight is 375 g/mol. The molecular weight excluding hydrogens is 356 g/mol. The fourth-order valence-corrected chi connectivity index (χ4v) is 3.35. The molecule has 0 radical (unpaired) electrons. The lowest BCUT2D eigenvalue weighted by atomic mass is 10.1. The number of amides is 1. The van der Waals surface area contributed by atoms with Crippen molar-refractivity contribution in [3.63, 3.8) is 0 Å². The molecule has 2 aromatic carbocycles. The van der Waals surface area contributed by atoms with Crippen LogP contribution < -0.4 is 5.32 Å². The highest BCUT2D eigenvalue weighted by Crippen LogP contribution is 2.28. The molecule has 0 aliphatic carbocycles. The summed E-state index contributed by atoms with van der Waals surface area (Å²) in [5.74, 6) is -2.85. The van der Waals surface area contributed by atoms with Crippen molar-refractivity contribution in [3.8, 4) is 0 Å². The Kier molecular flexibility index (Phi) is 5.56. The Morgan fingerprint density at radius 2 is 1.88 bits per heavy atom. The second-order valence-corrected chi connectivity index (χ2v) is 7.00. The van der Waals surface area contributed by atoms with Crippen LogP contribution in [0.2, 0.25) is 0 Å². The Bertz CT molecular complexity index is 909. The van der Waals surface area contributed by atoms with Crippen LogP contribution in [0.3, 0.4) is 0 Å². The molecule has 0 aliphatic rings. The molecule has 26 heavy (non-hydrogen) atoms. The minimum absolute atomic E-state index is 0.0637. The first-order valence-electron chi connectivity index (χ1n) is 8.20. The first kappa shape index (κ1) is 18.4. The summed E-state index contributed by atoms with van der Waals surface area (Å²) < 4.78 is 27.2. The fraction of sp³-hybridized carbons (Fsp3) is 0.263. The third kappa shape index (κ3) is 4.22. The molecule has 1 aromatic heterocycles. The lowest BCUT2D eigenvalue weighted by Gasteiger charge is -2.16. The first-order chi connectivity index (χ1) is 12.4. The fourth-order valence-electron chi connectivity index (χ4n) is 2.75. The van der Waals surface area contributed by atoms with Crippen molar-refractivity contribution in [2.24, 2.45) is 0 Å². The van der Waals surface area contributed by atoms with E-state index in [-0.39, 0.29) is 23.7 Å². The van der Waals surface area contributed by atoms with Crippen LogP contribution in [-0.2, 0) is 11.3 Å². The van der Waals surface area contributed by atoms with Crippen molar-refractivity contribution >= 4 is 28.7 Å². The minimum atomic E-state index is -2.60. The van der Waals surface area contributed by atoms with E-state index in [1.165, 1.54) is 4.57 Å². The molecule has 0 spiro atoms. The lowest BCUT2D eigenvalue weighted by molar-refractivity contribution is -0.122. The molecule has 1 unspecified atom stereocenters. The molecule has 1 N–H and O–H groups in total. The maximum Gasteiger partial charge on any atom is 0.291 e. The van der Waals surface area contributed by atoms with Gasteiger partial charge >= 0.3 is 0 Å². The van der Waals surface area contributed by atoms with Crippen LogP contribution in [0.4, 0.5) is 8.78 Å². The third-order valence-electron chi connectivity index (χ3n) is 4.07. The number of carbonyl (C=O) groups excluding carboxylic acids is 1. The summed E-state index contributed by atoms with van der Waals surface area (Å²) >= 11 is 0.348. The van der Waals surface area contributed by atoms with Crippen molar-refractivity contribution in [1.82, 2.24) is 14.9 Å². The molecule has 4 nitrogen and oxygen atoms in total. The van der Waals surface area contributed by atoms with Gasteiger partial charge in [0.2, 0.25) is 5.91 Å². The van der Waals surface area contributed by atoms with E-state index in [2.05, 4.69) is 10.3 Å². The van der Waals surface area contributed by atoms with E-state index in [9.17, 15) is 13.6 Å². The number of nitrogens with zero attached hydrogens (tertiary/aromatic N) is 2. The zero-order valence-corrected chi connectivity index (χ0v) is 15.3. The van der Waals surface area contributed by atoms with E-state index in [1.54, 1.807) is 24.3 Å². The average Bonchev–Trinajstić information content (AvgIpc) is 2.92.